The summed E-state index contributed by atoms with van der Waals surface area (Å²) >= 11 is 1.52. The van der Waals surface area contributed by atoms with Crippen LogP contribution < -0.4 is 14.3 Å². The van der Waals surface area contributed by atoms with Gasteiger partial charge in [-0.3, -0.25) is 4.99 Å². The van der Waals surface area contributed by atoms with Gasteiger partial charge in [0.05, 0.1) is 38.4 Å². The van der Waals surface area contributed by atoms with Crippen molar-refractivity contribution in [3.63, 3.8) is 0 Å². The second-order valence-corrected chi connectivity index (χ2v) is 6.76. The van der Waals surface area contributed by atoms with Crippen molar-refractivity contribution in [2.24, 2.45) is 10.1 Å². The fourth-order valence-corrected chi connectivity index (χ4v) is 3.29. The van der Waals surface area contributed by atoms with E-state index >= 15 is 0 Å². The van der Waals surface area contributed by atoms with E-state index in [1.165, 1.54) is 11.3 Å². The van der Waals surface area contributed by atoms with Crippen LogP contribution in [0.5, 0.6) is 11.5 Å². The zero-order valence-corrected chi connectivity index (χ0v) is 16.4. The third-order valence-electron chi connectivity index (χ3n) is 3.79. The lowest BCUT2D eigenvalue weighted by molar-refractivity contribution is 0.404. The summed E-state index contributed by atoms with van der Waals surface area (Å²) in [6.45, 7) is 6.43. The number of benzene rings is 1. The zero-order chi connectivity index (χ0) is 19.2. The van der Waals surface area contributed by atoms with E-state index in [-0.39, 0.29) is 0 Å². The normalized spacial score (nSPS) is 11.9. The van der Waals surface area contributed by atoms with Crippen LogP contribution in [0, 0.1) is 0 Å². The summed E-state index contributed by atoms with van der Waals surface area (Å²) in [5.74, 6) is 1.49. The molecular formula is C20H22N4O2S. The maximum atomic E-state index is 5.55. The van der Waals surface area contributed by atoms with E-state index in [0.717, 1.165) is 38.8 Å². The zero-order valence-electron chi connectivity index (χ0n) is 15.6. The lowest BCUT2D eigenvalue weighted by atomic mass is 10.1. The van der Waals surface area contributed by atoms with Gasteiger partial charge in [-0.25, -0.2) is 4.68 Å². The predicted octanol–water partition coefficient (Wildman–Crippen LogP) is 3.92. The molecule has 0 bridgehead atoms. The molecule has 3 rings (SSSR count). The average molecular weight is 382 g/mol. The number of rotatable bonds is 7. The van der Waals surface area contributed by atoms with Gasteiger partial charge in [-0.2, -0.15) is 5.10 Å². The van der Waals surface area contributed by atoms with Crippen molar-refractivity contribution in [1.82, 2.24) is 9.66 Å². The first-order valence-electron chi connectivity index (χ1n) is 8.38. The van der Waals surface area contributed by atoms with Crippen molar-refractivity contribution in [2.75, 3.05) is 20.8 Å². The Morgan fingerprint density at radius 1 is 1.30 bits per heavy atom. The molecule has 2 aromatic heterocycles. The molecule has 0 radical (unpaired) electrons. The number of methoxy groups -OCH3 is 2. The largest absolute Gasteiger partial charge is 0.497 e. The lowest BCUT2D eigenvalue weighted by Crippen LogP contribution is -2.13. The Kier molecular flexibility index (Phi) is 5.93. The molecule has 0 unspecified atom stereocenters. The van der Waals surface area contributed by atoms with Crippen LogP contribution in [0.3, 0.4) is 0 Å². The molecule has 0 aliphatic rings. The fraction of sp³-hybridized carbons (Fsp3) is 0.200. The molecule has 3 aromatic rings. The van der Waals surface area contributed by atoms with Crippen molar-refractivity contribution < 1.29 is 9.47 Å². The van der Waals surface area contributed by atoms with Gasteiger partial charge in [0.1, 0.15) is 11.5 Å². The van der Waals surface area contributed by atoms with Gasteiger partial charge < -0.3 is 14.5 Å². The number of thiazole rings is 1. The third kappa shape index (κ3) is 4.38. The molecule has 1 N–H and O–H groups in total. The Labute approximate surface area is 162 Å². The van der Waals surface area contributed by atoms with Crippen molar-refractivity contribution in [3.05, 3.63) is 64.6 Å². The highest BCUT2D eigenvalue weighted by Crippen LogP contribution is 2.33. The molecule has 0 atom stereocenters. The summed E-state index contributed by atoms with van der Waals surface area (Å²) in [6.07, 6.45) is 3.63. The van der Waals surface area contributed by atoms with Gasteiger partial charge in [0, 0.05) is 17.1 Å². The number of nitrogens with zero attached hydrogens (tertiary/aromatic N) is 3. The van der Waals surface area contributed by atoms with Gasteiger partial charge in [-0.05, 0) is 37.3 Å². The third-order valence-corrected chi connectivity index (χ3v) is 4.64. The number of aromatic amines is 1. The van der Waals surface area contributed by atoms with Crippen LogP contribution in [0.25, 0.3) is 11.3 Å². The van der Waals surface area contributed by atoms with Crippen LogP contribution >= 0.6 is 11.3 Å². The molecule has 0 aliphatic carbocycles. The fourth-order valence-electron chi connectivity index (χ4n) is 2.47. The number of hydrogen-bond donors (Lipinski definition) is 1. The van der Waals surface area contributed by atoms with Crippen molar-refractivity contribution >= 4 is 17.6 Å². The van der Waals surface area contributed by atoms with Gasteiger partial charge in [-0.1, -0.05) is 12.2 Å². The second kappa shape index (κ2) is 8.55. The lowest BCUT2D eigenvalue weighted by Gasteiger charge is -2.11. The van der Waals surface area contributed by atoms with Crippen LogP contribution in [0.4, 0.5) is 0 Å². The number of ether oxygens (including phenoxy) is 2. The molecule has 0 spiro atoms. The van der Waals surface area contributed by atoms with Gasteiger partial charge in [0.2, 0.25) is 4.80 Å². The van der Waals surface area contributed by atoms with Crippen LogP contribution in [0.15, 0.2) is 64.2 Å². The van der Waals surface area contributed by atoms with E-state index in [9.17, 15) is 0 Å². The first-order chi connectivity index (χ1) is 13.1. The molecule has 0 saturated heterocycles. The van der Waals surface area contributed by atoms with Crippen LogP contribution in [-0.2, 0) is 0 Å². The van der Waals surface area contributed by atoms with Crippen molar-refractivity contribution in [1.29, 1.82) is 0 Å². The summed E-state index contributed by atoms with van der Waals surface area (Å²) in [7, 11) is 3.29. The minimum atomic E-state index is 0.549. The van der Waals surface area contributed by atoms with E-state index in [2.05, 4.69) is 21.7 Å². The highest BCUT2D eigenvalue weighted by atomic mass is 32.1. The SMILES string of the molecule is C=C(C)CN=c1scc(-c2cc(OC)ccc2OC)n1N=Cc1ccc[nH]1. The predicted molar refractivity (Wildman–Crippen MR) is 110 cm³/mol. The van der Waals surface area contributed by atoms with Gasteiger partial charge in [-0.15, -0.1) is 11.3 Å². The summed E-state index contributed by atoms with van der Waals surface area (Å²) < 4.78 is 12.7. The van der Waals surface area contributed by atoms with E-state index in [1.54, 1.807) is 20.4 Å². The number of H-pyrrole nitrogens is 1. The quantitative estimate of drug-likeness (QED) is 0.497. The Bertz CT molecular complexity index is 1010. The molecule has 140 valence electrons. The summed E-state index contributed by atoms with van der Waals surface area (Å²) in [6, 6.07) is 9.57. The molecule has 0 saturated carbocycles. The standard InChI is InChI=1S/C20H22N4O2S/c1-14(2)11-22-20-24(23-12-15-6-5-9-21-15)18(13-27-20)17-10-16(25-3)7-8-19(17)26-4/h5-10,12-13,21H,1,11H2,2-4H3. The van der Waals surface area contributed by atoms with E-state index < -0.39 is 0 Å². The minimum absolute atomic E-state index is 0.549. The van der Waals surface area contributed by atoms with E-state index in [4.69, 9.17) is 9.47 Å². The summed E-state index contributed by atoms with van der Waals surface area (Å²) in [5.41, 5.74) is 3.65. The first kappa shape index (κ1) is 18.7. The van der Waals surface area contributed by atoms with E-state index in [0.29, 0.717) is 6.54 Å². The second-order valence-electron chi connectivity index (χ2n) is 5.92. The highest BCUT2D eigenvalue weighted by molar-refractivity contribution is 7.07. The smallest absolute Gasteiger partial charge is 0.206 e. The van der Waals surface area contributed by atoms with Gasteiger partial charge >= 0.3 is 0 Å². The Balaban J connectivity index is 2.15. The topological polar surface area (TPSA) is 63.9 Å². The maximum absolute atomic E-state index is 5.55. The minimum Gasteiger partial charge on any atom is -0.497 e. The van der Waals surface area contributed by atoms with Crippen molar-refractivity contribution in [3.8, 4) is 22.8 Å². The summed E-state index contributed by atoms with van der Waals surface area (Å²) in [4.78, 5) is 8.53. The van der Waals surface area contributed by atoms with Crippen LogP contribution in [0.1, 0.15) is 12.6 Å². The molecule has 1 aromatic carbocycles. The molecular weight excluding hydrogens is 360 g/mol. The molecule has 0 fully saturated rings. The van der Waals surface area contributed by atoms with Gasteiger partial charge in [0.25, 0.3) is 0 Å². The molecule has 7 heteroatoms. The van der Waals surface area contributed by atoms with Crippen LogP contribution in [0.2, 0.25) is 0 Å². The first-order valence-corrected chi connectivity index (χ1v) is 9.26. The molecule has 6 nitrogen and oxygen atoms in total. The van der Waals surface area contributed by atoms with Crippen molar-refractivity contribution in [2.45, 2.75) is 6.92 Å². The molecule has 0 amide bonds. The number of hydrogen-bond acceptors (Lipinski definition) is 5. The Hall–Kier alpha value is -3.06. The average Bonchev–Trinajstić information content (AvgIpc) is 3.33. The number of aromatic nitrogens is 2. The molecule has 0 aliphatic heterocycles. The Morgan fingerprint density at radius 2 is 2.15 bits per heavy atom. The molecule has 27 heavy (non-hydrogen) atoms. The Morgan fingerprint density at radius 3 is 2.81 bits per heavy atom. The maximum Gasteiger partial charge on any atom is 0.206 e. The number of nitrogens with one attached hydrogen (secondary N) is 1. The summed E-state index contributed by atoms with van der Waals surface area (Å²) in [5, 5.41) is 6.66. The molecule has 2 heterocycles. The van der Waals surface area contributed by atoms with Crippen LogP contribution in [-0.4, -0.2) is 36.6 Å². The van der Waals surface area contributed by atoms with Gasteiger partial charge in [0.15, 0.2) is 0 Å². The highest BCUT2D eigenvalue weighted by Gasteiger charge is 2.14. The van der Waals surface area contributed by atoms with E-state index in [1.807, 2.05) is 53.5 Å². The monoisotopic (exact) mass is 382 g/mol.